The third-order valence-corrected chi connectivity index (χ3v) is 6.00. The van der Waals surface area contributed by atoms with E-state index in [-0.39, 0.29) is 0 Å². The molecule has 0 amide bonds. The van der Waals surface area contributed by atoms with Gasteiger partial charge in [-0.15, -0.1) is 0 Å². The molecule has 0 aromatic carbocycles. The third-order valence-electron chi connectivity index (χ3n) is 6.00. The summed E-state index contributed by atoms with van der Waals surface area (Å²) in [6.07, 6.45) is 9.42. The SMILES string of the molecule is C=C(C(C)C)C1NC(C)=CC2=C1CC1CNC3=CCCC2=C31.O=C(O)/C=C\C(=O)O. The van der Waals surface area contributed by atoms with Crippen LogP contribution in [0.4, 0.5) is 0 Å². The van der Waals surface area contributed by atoms with Gasteiger partial charge in [0.15, 0.2) is 0 Å². The molecule has 2 aliphatic heterocycles. The summed E-state index contributed by atoms with van der Waals surface area (Å²) in [6.45, 7) is 12.2. The Morgan fingerprint density at radius 2 is 1.90 bits per heavy atom. The fraction of sp³-hybridized carbons (Fsp3) is 0.417. The summed E-state index contributed by atoms with van der Waals surface area (Å²) in [5.41, 5.74) is 10.3. The molecule has 160 valence electrons. The lowest BCUT2D eigenvalue weighted by molar-refractivity contribution is -0.134. The maximum absolute atomic E-state index is 9.55. The average Bonchev–Trinajstić information content (AvgIpc) is 3.11. The van der Waals surface area contributed by atoms with Gasteiger partial charge in [0.2, 0.25) is 0 Å². The van der Waals surface area contributed by atoms with E-state index in [1.54, 1.807) is 16.7 Å². The van der Waals surface area contributed by atoms with Crippen LogP contribution in [0, 0.1) is 11.8 Å². The molecule has 2 atom stereocenters. The predicted molar refractivity (Wildman–Crippen MR) is 117 cm³/mol. The Balaban J connectivity index is 0.000000275. The molecule has 0 aromatic rings. The molecule has 6 heteroatoms. The highest BCUT2D eigenvalue weighted by atomic mass is 16.4. The van der Waals surface area contributed by atoms with Crippen molar-refractivity contribution in [2.24, 2.45) is 11.8 Å². The molecule has 2 heterocycles. The smallest absolute Gasteiger partial charge is 0.328 e. The molecule has 0 bridgehead atoms. The molecule has 0 saturated carbocycles. The average molecular weight is 411 g/mol. The van der Waals surface area contributed by atoms with Gasteiger partial charge in [0.25, 0.3) is 0 Å². The summed E-state index contributed by atoms with van der Waals surface area (Å²) in [6, 6.07) is 0.323. The second-order valence-corrected chi connectivity index (χ2v) is 8.41. The van der Waals surface area contributed by atoms with Crippen molar-refractivity contribution in [3.8, 4) is 0 Å². The van der Waals surface area contributed by atoms with Gasteiger partial charge in [-0.05, 0) is 66.0 Å². The predicted octanol–water partition coefficient (Wildman–Crippen LogP) is 3.68. The van der Waals surface area contributed by atoms with Crippen LogP contribution in [0.2, 0.25) is 0 Å². The van der Waals surface area contributed by atoms with Gasteiger partial charge in [0.1, 0.15) is 0 Å². The molecule has 1 saturated heterocycles. The number of carbonyl (C=O) groups is 2. The number of dihydropyridines is 1. The lowest BCUT2D eigenvalue weighted by atomic mass is 9.71. The number of nitrogens with one attached hydrogen (secondary N) is 2. The van der Waals surface area contributed by atoms with E-state index in [9.17, 15) is 9.59 Å². The topological polar surface area (TPSA) is 98.7 Å². The lowest BCUT2D eigenvalue weighted by Crippen LogP contribution is -2.38. The number of hydrogen-bond acceptors (Lipinski definition) is 4. The van der Waals surface area contributed by atoms with Crippen LogP contribution in [0.25, 0.3) is 0 Å². The Kier molecular flexibility index (Phi) is 6.34. The Morgan fingerprint density at radius 1 is 1.23 bits per heavy atom. The maximum Gasteiger partial charge on any atom is 0.328 e. The van der Waals surface area contributed by atoms with Gasteiger partial charge in [-0.3, -0.25) is 0 Å². The largest absolute Gasteiger partial charge is 0.478 e. The normalized spacial score (nSPS) is 24.1. The van der Waals surface area contributed by atoms with Crippen LogP contribution in [-0.4, -0.2) is 34.7 Å². The van der Waals surface area contributed by atoms with Crippen molar-refractivity contribution >= 4 is 11.9 Å². The van der Waals surface area contributed by atoms with Gasteiger partial charge in [-0.25, -0.2) is 9.59 Å². The monoisotopic (exact) mass is 410 g/mol. The molecule has 4 rings (SSSR count). The molecular formula is C24H30N2O4. The third kappa shape index (κ3) is 4.42. The van der Waals surface area contributed by atoms with E-state index in [4.69, 9.17) is 10.2 Å². The first-order valence-electron chi connectivity index (χ1n) is 10.4. The summed E-state index contributed by atoms with van der Waals surface area (Å²) in [4.78, 5) is 19.1. The standard InChI is InChI=1S/C20H26N2.C4H4O4/c1-11(2)13(4)20-17-9-14-10-21-18-7-5-6-15(19(14)18)16(17)8-12(3)22-20;5-3(6)1-2-4(7)8/h7-8,11,14,20-22H,4-6,9-10H2,1-3H3;1-2H,(H,5,6)(H,7,8)/b;2-1-. The molecule has 0 radical (unpaired) electrons. The Bertz CT molecular complexity index is 915. The molecular weight excluding hydrogens is 380 g/mol. The summed E-state index contributed by atoms with van der Waals surface area (Å²) < 4.78 is 0. The van der Waals surface area contributed by atoms with Crippen LogP contribution in [0.5, 0.6) is 0 Å². The zero-order valence-electron chi connectivity index (χ0n) is 17.8. The highest BCUT2D eigenvalue weighted by Gasteiger charge is 2.39. The lowest BCUT2D eigenvalue weighted by Gasteiger charge is -2.38. The summed E-state index contributed by atoms with van der Waals surface area (Å²) in [7, 11) is 0. The number of allylic oxidation sites excluding steroid dienone is 6. The minimum absolute atomic E-state index is 0.323. The van der Waals surface area contributed by atoms with E-state index in [0.29, 0.717) is 30.0 Å². The van der Waals surface area contributed by atoms with Crippen molar-refractivity contribution < 1.29 is 19.8 Å². The van der Waals surface area contributed by atoms with Crippen molar-refractivity contribution in [1.82, 2.24) is 10.6 Å². The van der Waals surface area contributed by atoms with E-state index >= 15 is 0 Å². The highest BCUT2D eigenvalue weighted by Crippen LogP contribution is 2.47. The fourth-order valence-electron chi connectivity index (χ4n) is 4.58. The molecule has 0 aromatic heterocycles. The summed E-state index contributed by atoms with van der Waals surface area (Å²) >= 11 is 0. The van der Waals surface area contributed by atoms with Gasteiger partial charge in [-0.1, -0.05) is 26.5 Å². The zero-order chi connectivity index (χ0) is 22.0. The van der Waals surface area contributed by atoms with Crippen LogP contribution in [0.3, 0.4) is 0 Å². The number of carboxylic acids is 2. The molecule has 6 nitrogen and oxygen atoms in total. The van der Waals surface area contributed by atoms with Gasteiger partial charge in [-0.2, -0.15) is 0 Å². The molecule has 2 aliphatic carbocycles. The Labute approximate surface area is 177 Å². The van der Waals surface area contributed by atoms with Crippen molar-refractivity contribution in [3.63, 3.8) is 0 Å². The molecule has 2 unspecified atom stereocenters. The number of carboxylic acid groups (broad SMARTS) is 2. The first kappa shape index (κ1) is 21.7. The van der Waals surface area contributed by atoms with E-state index in [1.165, 1.54) is 41.8 Å². The highest BCUT2D eigenvalue weighted by molar-refractivity contribution is 5.89. The maximum atomic E-state index is 9.55. The van der Waals surface area contributed by atoms with Gasteiger partial charge in [0.05, 0.1) is 6.04 Å². The number of rotatable bonds is 4. The van der Waals surface area contributed by atoms with Gasteiger partial charge < -0.3 is 20.8 Å². The number of hydrogen-bond donors (Lipinski definition) is 4. The molecule has 4 aliphatic rings. The minimum atomic E-state index is -1.26. The van der Waals surface area contributed by atoms with E-state index in [2.05, 4.69) is 50.1 Å². The second kappa shape index (κ2) is 8.78. The van der Waals surface area contributed by atoms with Crippen LogP contribution in [0.1, 0.15) is 40.0 Å². The van der Waals surface area contributed by atoms with Crippen LogP contribution < -0.4 is 10.6 Å². The van der Waals surface area contributed by atoms with E-state index < -0.39 is 11.9 Å². The molecule has 4 N–H and O–H groups in total. The Hall–Kier alpha value is -3.02. The van der Waals surface area contributed by atoms with E-state index in [1.807, 2.05) is 0 Å². The summed E-state index contributed by atoms with van der Waals surface area (Å²) in [5.74, 6) is -1.34. The van der Waals surface area contributed by atoms with Crippen LogP contribution >= 0.6 is 0 Å². The quantitative estimate of drug-likeness (QED) is 0.417. The van der Waals surface area contributed by atoms with Crippen molar-refractivity contribution in [1.29, 1.82) is 0 Å². The van der Waals surface area contributed by atoms with Crippen molar-refractivity contribution in [3.05, 3.63) is 70.1 Å². The van der Waals surface area contributed by atoms with Crippen molar-refractivity contribution in [2.45, 2.75) is 46.1 Å². The molecule has 30 heavy (non-hydrogen) atoms. The molecule has 0 spiro atoms. The second-order valence-electron chi connectivity index (χ2n) is 8.41. The van der Waals surface area contributed by atoms with Crippen LogP contribution in [-0.2, 0) is 9.59 Å². The minimum Gasteiger partial charge on any atom is -0.478 e. The summed E-state index contributed by atoms with van der Waals surface area (Å²) in [5, 5.41) is 23.0. The van der Waals surface area contributed by atoms with Gasteiger partial charge in [0, 0.05) is 36.0 Å². The van der Waals surface area contributed by atoms with Crippen molar-refractivity contribution in [2.75, 3.05) is 6.54 Å². The van der Waals surface area contributed by atoms with Crippen LogP contribution in [0.15, 0.2) is 70.1 Å². The fourth-order valence-corrected chi connectivity index (χ4v) is 4.58. The first-order chi connectivity index (χ1) is 14.2. The van der Waals surface area contributed by atoms with Gasteiger partial charge >= 0.3 is 11.9 Å². The zero-order valence-corrected chi connectivity index (χ0v) is 17.8. The number of fused-ring (bicyclic) bond motifs is 1. The first-order valence-corrected chi connectivity index (χ1v) is 10.4. The number of aliphatic carboxylic acids is 2. The molecule has 1 fully saturated rings. The van der Waals surface area contributed by atoms with E-state index in [0.717, 1.165) is 6.54 Å². The Morgan fingerprint density at radius 3 is 2.50 bits per heavy atom.